The molecule has 5 fully saturated rings. The molecule has 1 aromatic carbocycles. The van der Waals surface area contributed by atoms with Gasteiger partial charge in [-0.1, -0.05) is 34.6 Å². The van der Waals surface area contributed by atoms with Gasteiger partial charge in [-0.25, -0.2) is 0 Å². The molecule has 2 saturated carbocycles. The fourth-order valence-electron chi connectivity index (χ4n) is 16.5. The predicted molar refractivity (Wildman–Crippen MR) is 453 cm³/mol. The fourth-order valence-corrected chi connectivity index (χ4v) is 16.5. The van der Waals surface area contributed by atoms with E-state index in [1.165, 1.54) is 32.9 Å². The summed E-state index contributed by atoms with van der Waals surface area (Å²) in [6, 6.07) is -0.294. The van der Waals surface area contributed by atoms with Crippen molar-refractivity contribution >= 4 is 29.5 Å². The van der Waals surface area contributed by atoms with E-state index in [2.05, 4.69) is 61.2 Å². The summed E-state index contributed by atoms with van der Waals surface area (Å²) in [5, 5.41) is 125. The minimum atomic E-state index is -1.46. The maximum absolute atomic E-state index is 14.1. The van der Waals surface area contributed by atoms with E-state index < -0.39 is 135 Å². The van der Waals surface area contributed by atoms with E-state index in [9.17, 15) is 80.1 Å². The van der Waals surface area contributed by atoms with E-state index in [0.29, 0.717) is 49.9 Å². The average molecular weight is 1850 g/mol. The summed E-state index contributed by atoms with van der Waals surface area (Å²) in [5.74, 6) is 0.113. The molecule has 6 rings (SSSR count). The van der Waals surface area contributed by atoms with E-state index in [4.69, 9.17) is 99.5 Å². The molecule has 5 aliphatic rings. The first-order valence-electron chi connectivity index (χ1n) is 45.0. The number of aliphatic hydroxyl groups excluding tert-OH is 11. The molecule has 5 amide bonds. The number of carbonyl (C=O) groups is 5. The fraction of sp³-hybridized carbons (Fsp3) is 0.872. The number of nitrogens with one attached hydrogen (secondary N) is 5. The van der Waals surface area contributed by atoms with Crippen LogP contribution in [0.5, 0.6) is 17.2 Å². The molecule has 3 heterocycles. The molecular weight excluding hydrogens is 1690 g/mol. The quantitative estimate of drug-likeness (QED) is 0.0298. The summed E-state index contributed by atoms with van der Waals surface area (Å²) in [6.45, 7) is 18.2. The van der Waals surface area contributed by atoms with Gasteiger partial charge in [-0.3, -0.25) is 24.0 Å². The number of benzene rings is 1. The van der Waals surface area contributed by atoms with Crippen molar-refractivity contribution in [3.63, 3.8) is 0 Å². The molecule has 3 aliphatic heterocycles. The first kappa shape index (κ1) is 112. The molecule has 3 saturated heterocycles. The molecule has 1 aromatic rings. The third kappa shape index (κ3) is 38.7. The van der Waals surface area contributed by atoms with Gasteiger partial charge in [0.1, 0.15) is 92.9 Å². The number of rotatable bonds is 68. The first-order chi connectivity index (χ1) is 61.6. The minimum absolute atomic E-state index is 0.0183. The van der Waals surface area contributed by atoms with E-state index >= 15 is 0 Å². The van der Waals surface area contributed by atoms with Crippen LogP contribution in [0.3, 0.4) is 0 Å². The maximum atomic E-state index is 14.1. The maximum Gasteiger partial charge on any atom is 0.251 e. The molecule has 0 radical (unpaired) electrons. The van der Waals surface area contributed by atoms with Crippen molar-refractivity contribution in [2.24, 2.45) is 40.4 Å². The van der Waals surface area contributed by atoms with Crippen molar-refractivity contribution in [3.05, 3.63) is 17.7 Å². The Labute approximate surface area is 750 Å². The topological polar surface area (TPSA) is 562 Å². The van der Waals surface area contributed by atoms with E-state index in [1.54, 1.807) is 0 Å². The molecule has 42 nitrogen and oxygen atoms in total. The zero-order valence-electron chi connectivity index (χ0n) is 75.9. The molecule has 0 bridgehead atoms. The van der Waals surface area contributed by atoms with E-state index in [-0.39, 0.29) is 250 Å². The second-order valence-corrected chi connectivity index (χ2v) is 33.2. The Hall–Kier alpha value is -5.19. The normalized spacial score (nSPS) is 28.9. The lowest BCUT2D eigenvalue weighted by molar-refractivity contribution is -0.272. The van der Waals surface area contributed by atoms with Gasteiger partial charge in [-0.05, 0) is 97.5 Å². The summed E-state index contributed by atoms with van der Waals surface area (Å²) in [6.07, 6.45) is -8.95. The minimum Gasteiger partial charge on any atom is -0.487 e. The Morgan fingerprint density at radius 2 is 0.773 bits per heavy atom. The van der Waals surface area contributed by atoms with Crippen molar-refractivity contribution in [2.75, 3.05) is 238 Å². The molecule has 2 aliphatic carbocycles. The number of hydrogen-bond donors (Lipinski definition) is 16. The standard InChI is InChI=1S/C86H151N5O37/c1-55(56(2)86(8)16-13-64(63(57(86)3)54-119-22-19-92)85(7)14-11-62(99)12-15-85)9-10-70(100)87-17-20-108-23-24-109-21-18-88-81(107)61-49-65(120-43-37-113-31-25-110-28-34-116-40-46-123-82-71(89-58(4)96)77(104)74(101)67(51-93)126-82)80(122-45-39-115-33-27-112-30-36-118-42-48-125-84-73(91-60(6)98)79(106)76(103)69(53-95)128-84)66(50-61)121-44-38-114-32-26-111-29-35-117-41-47-124-83-72(90-59(5)97)78(105)75(102)68(52-94)127-83/h49-50,55-57,62-64,67-69,71-79,82-84,92-95,99,101-106H,9-48,51-54H2,1-8H3,(H,87,100)(H,88,107)(H,89,96)(H,90,97)(H,91,98)/t55-,56?,57?,62?,63?,64?,67?,68?,69?,71?,72?,73?,74?,75?,76?,77?,78?,79?,82?,83?,84?,85?,86?/m1/s1. The zero-order chi connectivity index (χ0) is 93.2. The molecule has 16 N–H and O–H groups in total. The van der Waals surface area contributed by atoms with Crippen LogP contribution in [0.1, 0.15) is 117 Å². The lowest BCUT2D eigenvalue weighted by Crippen LogP contribution is -2.64. The van der Waals surface area contributed by atoms with Gasteiger partial charge >= 0.3 is 0 Å². The Balaban J connectivity index is 0.986. The highest BCUT2D eigenvalue weighted by Crippen LogP contribution is 2.59. The van der Waals surface area contributed by atoms with Crippen molar-refractivity contribution < 1.29 is 180 Å². The van der Waals surface area contributed by atoms with E-state index in [0.717, 1.165) is 44.9 Å². The summed E-state index contributed by atoms with van der Waals surface area (Å²) in [5.41, 5.74) is 0.292. The molecule has 21 atom stereocenters. The lowest BCUT2D eigenvalue weighted by atomic mass is 9.48. The molecule has 42 heteroatoms. The van der Waals surface area contributed by atoms with Crippen LogP contribution in [0, 0.1) is 40.4 Å². The monoisotopic (exact) mass is 1850 g/mol. The molecule has 0 spiro atoms. The number of aliphatic hydroxyl groups is 11. The molecule has 128 heavy (non-hydrogen) atoms. The Bertz CT molecular complexity index is 3100. The summed E-state index contributed by atoms with van der Waals surface area (Å²) in [4.78, 5) is 62.6. The van der Waals surface area contributed by atoms with Crippen LogP contribution in [0.2, 0.25) is 0 Å². The number of carbonyl (C=O) groups excluding carboxylic acids is 5. The van der Waals surface area contributed by atoms with Crippen molar-refractivity contribution in [1.82, 2.24) is 26.6 Å². The van der Waals surface area contributed by atoms with Crippen LogP contribution in [0.15, 0.2) is 12.1 Å². The summed E-state index contributed by atoms with van der Waals surface area (Å²) >= 11 is 0. The third-order valence-corrected chi connectivity index (χ3v) is 24.2. The molecule has 0 aromatic heterocycles. The summed E-state index contributed by atoms with van der Waals surface area (Å²) < 4.78 is 122. The van der Waals surface area contributed by atoms with E-state index in [1.807, 2.05) is 0 Å². The van der Waals surface area contributed by atoms with Crippen molar-refractivity contribution in [2.45, 2.75) is 205 Å². The van der Waals surface area contributed by atoms with Gasteiger partial charge in [0.25, 0.3) is 5.91 Å². The molecule has 742 valence electrons. The van der Waals surface area contributed by atoms with Crippen LogP contribution in [-0.2, 0) is 104 Å². The largest absolute Gasteiger partial charge is 0.487 e. The van der Waals surface area contributed by atoms with Crippen LogP contribution in [-0.4, -0.2) is 421 Å². The first-order valence-corrected chi connectivity index (χ1v) is 45.0. The Kier molecular flexibility index (Phi) is 54.4. The molecular formula is C86H151N5O37. The van der Waals surface area contributed by atoms with Gasteiger partial charge < -0.3 is 182 Å². The Morgan fingerprint density at radius 1 is 0.430 bits per heavy atom. The van der Waals surface area contributed by atoms with Gasteiger partial charge in [0.05, 0.1) is 211 Å². The van der Waals surface area contributed by atoms with Gasteiger partial charge in [0, 0.05) is 45.8 Å². The average Bonchev–Trinajstić information content (AvgIpc) is 0.745. The van der Waals surface area contributed by atoms with Crippen molar-refractivity contribution in [3.8, 4) is 17.2 Å². The second kappa shape index (κ2) is 62.4. The number of hydrogen-bond acceptors (Lipinski definition) is 37. The number of ether oxygens (including phenoxy) is 21. The van der Waals surface area contributed by atoms with Gasteiger partial charge in [-0.15, -0.1) is 0 Å². The molecule has 20 unspecified atom stereocenters. The highest BCUT2D eigenvalue weighted by Gasteiger charge is 2.54. The lowest BCUT2D eigenvalue weighted by Gasteiger charge is -2.57. The van der Waals surface area contributed by atoms with Gasteiger partial charge in [-0.2, -0.15) is 0 Å². The van der Waals surface area contributed by atoms with Crippen molar-refractivity contribution in [1.29, 1.82) is 0 Å². The third-order valence-electron chi connectivity index (χ3n) is 24.2. The van der Waals surface area contributed by atoms with Crippen LogP contribution in [0.25, 0.3) is 0 Å². The van der Waals surface area contributed by atoms with Crippen LogP contribution in [0.4, 0.5) is 0 Å². The van der Waals surface area contributed by atoms with Crippen LogP contribution < -0.4 is 40.8 Å². The van der Waals surface area contributed by atoms with Gasteiger partial charge in [0.15, 0.2) is 30.4 Å². The smallest absolute Gasteiger partial charge is 0.251 e. The van der Waals surface area contributed by atoms with Gasteiger partial charge in [0.2, 0.25) is 29.4 Å². The Morgan fingerprint density at radius 3 is 1.13 bits per heavy atom. The highest BCUT2D eigenvalue weighted by atomic mass is 16.7. The number of amides is 5. The predicted octanol–water partition coefficient (Wildman–Crippen LogP) is -2.60. The highest BCUT2D eigenvalue weighted by molar-refractivity contribution is 5.95. The zero-order valence-corrected chi connectivity index (χ0v) is 75.9. The summed E-state index contributed by atoms with van der Waals surface area (Å²) in [7, 11) is 0. The van der Waals surface area contributed by atoms with Crippen LogP contribution >= 0.6 is 0 Å². The second-order valence-electron chi connectivity index (χ2n) is 33.2. The SMILES string of the molecule is CC(=O)NC1C(OCCOCCOCCOCCOc2cc(C(=O)NCCOCCOCCNC(=O)CC[C@@H](C)C(C)C3(C)CCC(C4(C)CCC(O)CC4)C(COCCO)C3C)cc(OCCOCCOCCOCCOC3OC(CO)C(O)C(O)C3NC(C)=O)c2OCCOCCOCCOCCOC2OC(CO)C(O)C(O)C2NC(C)=O)OC(CO)C(O)C1O.